The average molecular weight is 346 g/mol. The normalized spacial score (nSPS) is 9.19. The zero-order chi connectivity index (χ0) is 12.0. The van der Waals surface area contributed by atoms with Crippen LogP contribution in [0, 0.1) is 11.8 Å². The zero-order valence-corrected chi connectivity index (χ0v) is 11.9. The third-order valence-electron chi connectivity index (χ3n) is 1.83. The second kappa shape index (κ2) is 6.72. The Balaban J connectivity index is 2.93. The molecule has 0 aromatic heterocycles. The van der Waals surface area contributed by atoms with Crippen LogP contribution in [-0.4, -0.2) is 18.4 Å². The summed E-state index contributed by atoms with van der Waals surface area (Å²) in [7, 11) is 1.36. The van der Waals surface area contributed by atoms with Crippen molar-refractivity contribution < 1.29 is 9.53 Å². The summed E-state index contributed by atoms with van der Waals surface area (Å²) in [6, 6.07) is 5.22. The molecule has 0 aliphatic carbocycles. The SMILES string of the molecule is COC(=O)c1ccc(C#CCCBr)c(Br)c1. The molecule has 0 fully saturated rings. The van der Waals surface area contributed by atoms with Gasteiger partial charge in [0.2, 0.25) is 0 Å². The molecule has 1 rings (SSSR count). The molecule has 0 amide bonds. The molecule has 2 nitrogen and oxygen atoms in total. The number of hydrogen-bond donors (Lipinski definition) is 0. The van der Waals surface area contributed by atoms with Crippen LogP contribution in [0.3, 0.4) is 0 Å². The molecule has 0 bridgehead atoms. The Bertz CT molecular complexity index is 444. The second-order valence-corrected chi connectivity index (χ2v) is 4.57. The topological polar surface area (TPSA) is 26.3 Å². The molecule has 0 aliphatic heterocycles. The maximum absolute atomic E-state index is 11.3. The predicted molar refractivity (Wildman–Crippen MR) is 70.8 cm³/mol. The fourth-order valence-electron chi connectivity index (χ4n) is 1.07. The number of rotatable bonds is 2. The lowest BCUT2D eigenvalue weighted by atomic mass is 10.1. The van der Waals surface area contributed by atoms with Gasteiger partial charge in [0.25, 0.3) is 0 Å². The maximum atomic E-state index is 11.3. The van der Waals surface area contributed by atoms with Crippen molar-refractivity contribution in [2.45, 2.75) is 6.42 Å². The number of benzene rings is 1. The molecule has 0 spiro atoms. The molecular weight excluding hydrogens is 336 g/mol. The highest BCUT2D eigenvalue weighted by atomic mass is 79.9. The van der Waals surface area contributed by atoms with Crippen molar-refractivity contribution in [1.29, 1.82) is 0 Å². The van der Waals surface area contributed by atoms with Gasteiger partial charge in [-0.05, 0) is 34.1 Å². The van der Waals surface area contributed by atoms with Crippen molar-refractivity contribution in [1.82, 2.24) is 0 Å². The minimum atomic E-state index is -0.347. The molecule has 1 aromatic rings. The Labute approximate surface area is 112 Å². The molecule has 0 saturated carbocycles. The van der Waals surface area contributed by atoms with Crippen LogP contribution >= 0.6 is 31.9 Å². The fourth-order valence-corrected chi connectivity index (χ4v) is 1.74. The Morgan fingerprint density at radius 2 is 2.25 bits per heavy atom. The van der Waals surface area contributed by atoms with E-state index in [2.05, 4.69) is 48.4 Å². The zero-order valence-electron chi connectivity index (χ0n) is 8.72. The molecule has 0 aliphatic rings. The van der Waals surface area contributed by atoms with Crippen LogP contribution in [0.1, 0.15) is 22.3 Å². The highest BCUT2D eigenvalue weighted by molar-refractivity contribution is 9.10. The van der Waals surface area contributed by atoms with Gasteiger partial charge in [0.05, 0.1) is 12.7 Å². The highest BCUT2D eigenvalue weighted by Crippen LogP contribution is 2.18. The number of hydrogen-bond acceptors (Lipinski definition) is 2. The first-order valence-corrected chi connectivity index (χ1v) is 6.53. The van der Waals surface area contributed by atoms with E-state index in [4.69, 9.17) is 0 Å². The van der Waals surface area contributed by atoms with Gasteiger partial charge in [-0.1, -0.05) is 27.8 Å². The van der Waals surface area contributed by atoms with E-state index in [9.17, 15) is 4.79 Å². The van der Waals surface area contributed by atoms with Crippen LogP contribution in [-0.2, 0) is 4.74 Å². The number of methoxy groups -OCH3 is 1. The molecule has 0 atom stereocenters. The summed E-state index contributed by atoms with van der Waals surface area (Å²) in [4.78, 5) is 11.3. The highest BCUT2D eigenvalue weighted by Gasteiger charge is 2.06. The van der Waals surface area contributed by atoms with Crippen LogP contribution in [0.25, 0.3) is 0 Å². The van der Waals surface area contributed by atoms with E-state index >= 15 is 0 Å². The summed E-state index contributed by atoms with van der Waals surface area (Å²) in [6.07, 6.45) is 0.797. The Morgan fingerprint density at radius 3 is 2.81 bits per heavy atom. The Kier molecular flexibility index (Phi) is 5.58. The van der Waals surface area contributed by atoms with Gasteiger partial charge in [-0.3, -0.25) is 0 Å². The van der Waals surface area contributed by atoms with Crippen molar-refractivity contribution in [2.75, 3.05) is 12.4 Å². The van der Waals surface area contributed by atoms with Crippen molar-refractivity contribution in [2.24, 2.45) is 0 Å². The number of halogens is 2. The quantitative estimate of drug-likeness (QED) is 0.466. The van der Waals surface area contributed by atoms with Crippen molar-refractivity contribution >= 4 is 37.8 Å². The maximum Gasteiger partial charge on any atom is 0.337 e. The van der Waals surface area contributed by atoms with Gasteiger partial charge in [0, 0.05) is 21.8 Å². The molecular formula is C12H10Br2O2. The number of carbonyl (C=O) groups excluding carboxylic acids is 1. The summed E-state index contributed by atoms with van der Waals surface area (Å²) < 4.78 is 5.43. The van der Waals surface area contributed by atoms with Crippen molar-refractivity contribution in [3.63, 3.8) is 0 Å². The van der Waals surface area contributed by atoms with E-state index in [0.717, 1.165) is 21.8 Å². The van der Waals surface area contributed by atoms with Gasteiger partial charge in [-0.15, -0.1) is 0 Å². The van der Waals surface area contributed by atoms with Gasteiger partial charge in [-0.25, -0.2) is 4.79 Å². The van der Waals surface area contributed by atoms with Gasteiger partial charge in [0.1, 0.15) is 0 Å². The summed E-state index contributed by atoms with van der Waals surface area (Å²) in [5.41, 5.74) is 1.38. The van der Waals surface area contributed by atoms with E-state index in [1.165, 1.54) is 7.11 Å². The number of alkyl halides is 1. The van der Waals surface area contributed by atoms with Crippen LogP contribution in [0.5, 0.6) is 0 Å². The molecule has 1 aromatic carbocycles. The first kappa shape index (κ1) is 13.3. The lowest BCUT2D eigenvalue weighted by Crippen LogP contribution is -2.01. The monoisotopic (exact) mass is 344 g/mol. The number of esters is 1. The van der Waals surface area contributed by atoms with E-state index in [1.54, 1.807) is 18.2 Å². The first-order valence-electron chi connectivity index (χ1n) is 4.61. The van der Waals surface area contributed by atoms with Crippen molar-refractivity contribution in [3.8, 4) is 11.8 Å². The third kappa shape index (κ3) is 3.66. The van der Waals surface area contributed by atoms with Gasteiger partial charge < -0.3 is 4.74 Å². The summed E-state index contributed by atoms with van der Waals surface area (Å²) in [6.45, 7) is 0. The first-order chi connectivity index (χ1) is 7.69. The molecule has 4 heteroatoms. The molecule has 84 valence electrons. The minimum Gasteiger partial charge on any atom is -0.465 e. The van der Waals surface area contributed by atoms with E-state index in [1.807, 2.05) is 0 Å². The van der Waals surface area contributed by atoms with Crippen LogP contribution in [0.15, 0.2) is 22.7 Å². The predicted octanol–water partition coefficient (Wildman–Crippen LogP) is 3.37. The minimum absolute atomic E-state index is 0.347. The number of carbonyl (C=O) groups is 1. The summed E-state index contributed by atoms with van der Waals surface area (Å²) >= 11 is 6.68. The van der Waals surface area contributed by atoms with E-state index in [-0.39, 0.29) is 5.97 Å². The summed E-state index contributed by atoms with van der Waals surface area (Å²) in [5, 5.41) is 0.859. The van der Waals surface area contributed by atoms with Gasteiger partial charge in [0.15, 0.2) is 0 Å². The molecule has 0 heterocycles. The second-order valence-electron chi connectivity index (χ2n) is 2.93. The van der Waals surface area contributed by atoms with E-state index < -0.39 is 0 Å². The average Bonchev–Trinajstić information content (AvgIpc) is 2.30. The Hall–Kier alpha value is -0.790. The lowest BCUT2D eigenvalue weighted by Gasteiger charge is -2.01. The number of ether oxygens (including phenoxy) is 1. The lowest BCUT2D eigenvalue weighted by molar-refractivity contribution is 0.0600. The Morgan fingerprint density at radius 1 is 1.50 bits per heavy atom. The van der Waals surface area contributed by atoms with Gasteiger partial charge >= 0.3 is 5.97 Å². The molecule has 0 unspecified atom stereocenters. The smallest absolute Gasteiger partial charge is 0.337 e. The third-order valence-corrected chi connectivity index (χ3v) is 2.89. The summed E-state index contributed by atoms with van der Waals surface area (Å²) in [5.74, 6) is 5.68. The molecule has 0 saturated heterocycles. The standard InChI is InChI=1S/C12H10Br2O2/c1-16-12(15)10-6-5-9(11(14)8-10)4-2-3-7-13/h5-6,8H,3,7H2,1H3. The van der Waals surface area contributed by atoms with Crippen LogP contribution < -0.4 is 0 Å². The van der Waals surface area contributed by atoms with E-state index in [0.29, 0.717) is 5.56 Å². The molecule has 0 radical (unpaired) electrons. The van der Waals surface area contributed by atoms with Crippen LogP contribution in [0.4, 0.5) is 0 Å². The van der Waals surface area contributed by atoms with Crippen LogP contribution in [0.2, 0.25) is 0 Å². The molecule has 0 N–H and O–H groups in total. The van der Waals surface area contributed by atoms with Crippen molar-refractivity contribution in [3.05, 3.63) is 33.8 Å². The largest absolute Gasteiger partial charge is 0.465 e. The molecule has 16 heavy (non-hydrogen) atoms. The fraction of sp³-hybridized carbons (Fsp3) is 0.250. The van der Waals surface area contributed by atoms with Gasteiger partial charge in [-0.2, -0.15) is 0 Å².